The lowest BCUT2D eigenvalue weighted by Gasteiger charge is -2.50. The van der Waals surface area contributed by atoms with Crippen LogP contribution in [0.1, 0.15) is 109 Å². The van der Waals surface area contributed by atoms with Crippen molar-refractivity contribution in [1.29, 1.82) is 0 Å². The summed E-state index contributed by atoms with van der Waals surface area (Å²) in [6, 6.07) is 0.228. The van der Waals surface area contributed by atoms with E-state index in [9.17, 15) is 14.4 Å². The van der Waals surface area contributed by atoms with E-state index >= 15 is 0 Å². The second-order valence-corrected chi connectivity index (χ2v) is 18.0. The maximum atomic E-state index is 14.3. The van der Waals surface area contributed by atoms with Crippen molar-refractivity contribution in [1.82, 2.24) is 4.90 Å². The molecule has 12 nitrogen and oxygen atoms in total. The van der Waals surface area contributed by atoms with Crippen LogP contribution in [0, 0.1) is 40.9 Å². The lowest BCUT2D eigenvalue weighted by Crippen LogP contribution is -2.57. The topological polar surface area (TPSA) is 128 Å². The third-order valence-corrected chi connectivity index (χ3v) is 13.3. The minimum absolute atomic E-state index is 0.0325. The molecule has 0 saturated carbocycles. The largest absolute Gasteiger partial charge is 0.509 e. The highest BCUT2D eigenvalue weighted by Gasteiger charge is 2.58. The van der Waals surface area contributed by atoms with Gasteiger partial charge < -0.3 is 42.8 Å². The van der Waals surface area contributed by atoms with Gasteiger partial charge in [-0.3, -0.25) is 9.59 Å². The Balaban J connectivity index is 1.82. The molecule has 0 N–H and O–H groups in total. The molecule has 0 aliphatic carbocycles. The van der Waals surface area contributed by atoms with Gasteiger partial charge in [0.05, 0.1) is 41.9 Å². The minimum atomic E-state index is -1.39. The van der Waals surface area contributed by atoms with Gasteiger partial charge in [-0.05, 0) is 73.9 Å². The number of hydrogen-bond acceptors (Lipinski definition) is 12. The van der Waals surface area contributed by atoms with Gasteiger partial charge in [0.2, 0.25) is 0 Å². The number of ketones is 1. The molecule has 300 valence electrons. The molecule has 4 saturated heterocycles. The molecule has 12 heteroatoms. The Morgan fingerprint density at radius 2 is 1.42 bits per heavy atom. The van der Waals surface area contributed by atoms with Gasteiger partial charge in [-0.2, -0.15) is 0 Å². The molecule has 4 aliphatic rings. The Morgan fingerprint density at radius 1 is 0.788 bits per heavy atom. The number of esters is 1. The summed E-state index contributed by atoms with van der Waals surface area (Å²) in [5.41, 5.74) is -2.54. The lowest BCUT2D eigenvalue weighted by molar-refractivity contribution is -0.301. The van der Waals surface area contributed by atoms with Crippen molar-refractivity contribution in [3.8, 4) is 0 Å². The van der Waals surface area contributed by atoms with E-state index in [-0.39, 0.29) is 35.9 Å². The fourth-order valence-electron chi connectivity index (χ4n) is 9.49. The summed E-state index contributed by atoms with van der Waals surface area (Å²) < 4.78 is 50.6. The summed E-state index contributed by atoms with van der Waals surface area (Å²) in [6.07, 6.45) is -3.74. The summed E-state index contributed by atoms with van der Waals surface area (Å²) in [6.45, 7) is 25.4. The van der Waals surface area contributed by atoms with Crippen molar-refractivity contribution in [2.24, 2.45) is 40.9 Å². The molecule has 0 aromatic rings. The van der Waals surface area contributed by atoms with Crippen LogP contribution in [0.4, 0.5) is 4.79 Å². The number of carbonyl (C=O) groups excluding carboxylic acids is 3. The molecule has 52 heavy (non-hydrogen) atoms. The molecule has 0 aromatic carbocycles. The van der Waals surface area contributed by atoms with Crippen LogP contribution in [0.5, 0.6) is 0 Å². The second kappa shape index (κ2) is 16.1. The van der Waals surface area contributed by atoms with Gasteiger partial charge in [0, 0.05) is 43.2 Å². The fourth-order valence-corrected chi connectivity index (χ4v) is 9.49. The predicted octanol–water partition coefficient (Wildman–Crippen LogP) is 6.40. The first kappa shape index (κ1) is 42.9. The van der Waals surface area contributed by atoms with Crippen LogP contribution in [0.2, 0.25) is 0 Å². The highest BCUT2D eigenvalue weighted by atomic mass is 16.8. The van der Waals surface area contributed by atoms with Crippen LogP contribution in [-0.4, -0.2) is 110 Å². The fraction of sp³-hybridized carbons (Fsp3) is 0.925. The number of Topliss-reactive ketones (excluding diaryl/α,β-unsaturated/α-hetero) is 1. The van der Waals surface area contributed by atoms with Gasteiger partial charge in [0.1, 0.15) is 11.9 Å². The highest BCUT2D eigenvalue weighted by Crippen LogP contribution is 2.45. The Bertz CT molecular complexity index is 1280. The van der Waals surface area contributed by atoms with E-state index in [0.717, 1.165) is 6.42 Å². The maximum Gasteiger partial charge on any atom is 0.509 e. The zero-order valence-electron chi connectivity index (χ0n) is 34.7. The smallest absolute Gasteiger partial charge is 0.458 e. The molecule has 0 radical (unpaired) electrons. The van der Waals surface area contributed by atoms with Gasteiger partial charge in [-0.25, -0.2) is 4.79 Å². The molecule has 4 rings (SSSR count). The number of methoxy groups -OCH3 is 1. The zero-order valence-corrected chi connectivity index (χ0v) is 34.7. The number of carbonyl (C=O) groups is 3. The number of fused-ring (bicyclic) bond motifs is 1. The molecular formula is C40H69NO11. The summed E-state index contributed by atoms with van der Waals surface area (Å²) in [7, 11) is 5.86. The van der Waals surface area contributed by atoms with Gasteiger partial charge >= 0.3 is 12.1 Å². The van der Waals surface area contributed by atoms with Crippen molar-refractivity contribution in [3.05, 3.63) is 0 Å². The Kier molecular flexibility index (Phi) is 13.3. The van der Waals surface area contributed by atoms with Gasteiger partial charge in [0.25, 0.3) is 0 Å². The van der Waals surface area contributed by atoms with Gasteiger partial charge in [-0.15, -0.1) is 0 Å². The maximum absolute atomic E-state index is 14.3. The average molecular weight is 740 g/mol. The second-order valence-electron chi connectivity index (χ2n) is 18.0. The third kappa shape index (κ3) is 8.52. The SMILES string of the molecule is COC1(C)CC(O[C@H]2[C@H](C)[C@@H](OC3OC(C)CC(N(C)C)C3C)C(C)(C)C[C@@H](C)C(=O)[C@H](C)[C@H]3OC(=O)O[C@]3(C)[C@@H](C)OC(=O)[C@@H]2C)OC(C)C1C. The molecule has 8 unspecified atom stereocenters. The van der Waals surface area contributed by atoms with Crippen LogP contribution >= 0.6 is 0 Å². The first-order chi connectivity index (χ1) is 24.0. The van der Waals surface area contributed by atoms with Crippen molar-refractivity contribution in [2.75, 3.05) is 21.2 Å². The summed E-state index contributed by atoms with van der Waals surface area (Å²) >= 11 is 0. The molecule has 17 atom stereocenters. The molecular weight excluding hydrogens is 670 g/mol. The van der Waals surface area contributed by atoms with E-state index in [1.807, 2.05) is 20.8 Å². The summed E-state index contributed by atoms with van der Waals surface area (Å²) in [5, 5.41) is 0. The third-order valence-electron chi connectivity index (χ3n) is 13.3. The first-order valence-electron chi connectivity index (χ1n) is 19.4. The summed E-state index contributed by atoms with van der Waals surface area (Å²) in [4.78, 5) is 43.3. The van der Waals surface area contributed by atoms with E-state index in [1.54, 1.807) is 34.8 Å². The normalized spacial score (nSPS) is 47.9. The van der Waals surface area contributed by atoms with E-state index in [4.69, 9.17) is 37.9 Å². The molecule has 4 heterocycles. The summed E-state index contributed by atoms with van der Waals surface area (Å²) in [5.74, 6) is -2.86. The molecule has 4 aliphatic heterocycles. The van der Waals surface area contributed by atoms with Crippen molar-refractivity contribution in [2.45, 2.75) is 176 Å². The average Bonchev–Trinajstić information content (AvgIpc) is 3.38. The number of hydrogen-bond donors (Lipinski definition) is 0. The van der Waals surface area contributed by atoms with E-state index < -0.39 is 89.4 Å². The number of rotatable bonds is 6. The lowest BCUT2D eigenvalue weighted by atomic mass is 9.69. The van der Waals surface area contributed by atoms with Crippen LogP contribution < -0.4 is 0 Å². The zero-order chi connectivity index (χ0) is 39.2. The van der Waals surface area contributed by atoms with E-state index in [1.165, 1.54) is 0 Å². The Morgan fingerprint density at radius 3 is 2.02 bits per heavy atom. The Labute approximate surface area is 312 Å². The van der Waals surface area contributed by atoms with E-state index in [0.29, 0.717) is 12.8 Å². The standard InChI is InChI=1S/C40H69NO11/c1-20-18-38(10,11)33(50-36-22(3)29(41(14)15)17-21(2)46-36)24(5)32(49-30-19-39(12,45-16)26(7)27(8)47-30)25(6)35(43)48-28(9)40(13)34(23(4)31(20)42)51-37(44)52-40/h20-30,32-34,36H,17-19H2,1-16H3/t20-,21?,22?,23+,24+,25-,26?,27?,28-,29?,30?,32+,33-,34-,36?,39?,40-/m1/s1. The number of nitrogens with zero attached hydrogens (tertiary/aromatic N) is 1. The van der Waals surface area contributed by atoms with Crippen molar-refractivity contribution >= 4 is 17.9 Å². The number of cyclic esters (lactones) is 1. The van der Waals surface area contributed by atoms with Crippen molar-refractivity contribution in [3.63, 3.8) is 0 Å². The van der Waals surface area contributed by atoms with Crippen LogP contribution in [0.25, 0.3) is 0 Å². The molecule has 4 fully saturated rings. The molecule has 0 amide bonds. The first-order valence-corrected chi connectivity index (χ1v) is 19.4. The van der Waals surface area contributed by atoms with Crippen LogP contribution in [0.15, 0.2) is 0 Å². The Hall–Kier alpha value is -1.83. The van der Waals surface area contributed by atoms with Crippen LogP contribution in [0.3, 0.4) is 0 Å². The predicted molar refractivity (Wildman–Crippen MR) is 194 cm³/mol. The monoisotopic (exact) mass is 739 g/mol. The minimum Gasteiger partial charge on any atom is -0.458 e. The van der Waals surface area contributed by atoms with Crippen molar-refractivity contribution < 1.29 is 52.3 Å². The van der Waals surface area contributed by atoms with Gasteiger partial charge in [-0.1, -0.05) is 48.5 Å². The molecule has 0 aromatic heterocycles. The van der Waals surface area contributed by atoms with Crippen LogP contribution in [-0.2, 0) is 47.5 Å². The van der Waals surface area contributed by atoms with Gasteiger partial charge in [0.15, 0.2) is 24.3 Å². The molecule has 0 bridgehead atoms. The number of ether oxygens (including phenoxy) is 8. The molecule has 0 spiro atoms. The van der Waals surface area contributed by atoms with E-state index in [2.05, 4.69) is 60.5 Å². The quantitative estimate of drug-likeness (QED) is 0.280. The highest BCUT2D eigenvalue weighted by molar-refractivity contribution is 5.84.